The van der Waals surface area contributed by atoms with Crippen molar-refractivity contribution in [1.82, 2.24) is 35.3 Å². The fraction of sp³-hybridized carbons (Fsp3) is 0.455. The molecule has 0 amide bonds. The first-order valence-corrected chi connectivity index (χ1v) is 10.9. The molecule has 3 aromatic rings. The molecule has 1 saturated heterocycles. The Labute approximate surface area is 188 Å². The summed E-state index contributed by atoms with van der Waals surface area (Å²) in [6.07, 6.45) is 3.33. The molecule has 10 nitrogen and oxygen atoms in total. The number of nitrogens with one attached hydrogen (secondary N) is 3. The molecule has 4 rings (SSSR count). The number of aryl methyl sites for hydroxylation is 1. The number of hydrogen-bond acceptors (Lipinski definition) is 7. The Bertz CT molecular complexity index is 1040. The van der Waals surface area contributed by atoms with Gasteiger partial charge in [-0.05, 0) is 11.1 Å². The van der Waals surface area contributed by atoms with Gasteiger partial charge in [0.2, 0.25) is 0 Å². The van der Waals surface area contributed by atoms with Crippen molar-refractivity contribution in [2.45, 2.75) is 13.1 Å². The van der Waals surface area contributed by atoms with Gasteiger partial charge in [-0.25, -0.2) is 9.97 Å². The Hall–Kier alpha value is -3.24. The Morgan fingerprint density at radius 2 is 1.91 bits per heavy atom. The lowest BCUT2D eigenvalue weighted by atomic mass is 10.1. The van der Waals surface area contributed by atoms with Crippen LogP contribution in [0.2, 0.25) is 0 Å². The zero-order chi connectivity index (χ0) is 22.2. The Morgan fingerprint density at radius 1 is 1.09 bits per heavy atom. The molecule has 1 fully saturated rings. The number of aliphatic imine (C=N–C) groups is 1. The largest absolute Gasteiger partial charge is 0.379 e. The number of ether oxygens (including phenoxy) is 1. The van der Waals surface area contributed by atoms with Crippen LogP contribution >= 0.6 is 0 Å². The minimum atomic E-state index is 0.690. The second-order valence-corrected chi connectivity index (χ2v) is 7.66. The summed E-state index contributed by atoms with van der Waals surface area (Å²) in [5.41, 5.74) is 3.42. The molecule has 1 aliphatic rings. The molecule has 1 aliphatic heterocycles. The van der Waals surface area contributed by atoms with Crippen LogP contribution in [0.5, 0.6) is 0 Å². The highest BCUT2D eigenvalue weighted by atomic mass is 16.5. The zero-order valence-electron chi connectivity index (χ0n) is 18.7. The highest BCUT2D eigenvalue weighted by molar-refractivity contribution is 5.86. The molecule has 1 aromatic carbocycles. The molecule has 0 unspecified atom stereocenters. The van der Waals surface area contributed by atoms with Crippen molar-refractivity contribution in [3.63, 3.8) is 0 Å². The molecule has 0 radical (unpaired) electrons. The normalized spacial score (nSPS) is 15.1. The van der Waals surface area contributed by atoms with Gasteiger partial charge >= 0.3 is 0 Å². The molecule has 0 atom stereocenters. The molecular formula is C22H31N9O. The predicted molar refractivity (Wildman–Crippen MR) is 126 cm³/mol. The van der Waals surface area contributed by atoms with E-state index in [-0.39, 0.29) is 0 Å². The Kier molecular flexibility index (Phi) is 7.47. The van der Waals surface area contributed by atoms with Crippen LogP contribution in [0.15, 0.2) is 41.8 Å². The third-order valence-corrected chi connectivity index (χ3v) is 5.53. The lowest BCUT2D eigenvalue weighted by Crippen LogP contribution is -2.39. The molecule has 170 valence electrons. The lowest BCUT2D eigenvalue weighted by Gasteiger charge is -2.27. The van der Waals surface area contributed by atoms with Crippen LogP contribution < -0.4 is 16.0 Å². The van der Waals surface area contributed by atoms with Crippen molar-refractivity contribution >= 4 is 22.8 Å². The van der Waals surface area contributed by atoms with Gasteiger partial charge in [-0.3, -0.25) is 14.6 Å². The summed E-state index contributed by atoms with van der Waals surface area (Å²) in [7, 11) is 3.65. The Morgan fingerprint density at radius 3 is 2.72 bits per heavy atom. The molecule has 0 bridgehead atoms. The van der Waals surface area contributed by atoms with Crippen molar-refractivity contribution < 1.29 is 4.74 Å². The van der Waals surface area contributed by atoms with Crippen LogP contribution in [0.1, 0.15) is 11.1 Å². The fourth-order valence-corrected chi connectivity index (χ4v) is 3.75. The summed E-state index contributed by atoms with van der Waals surface area (Å²) in [6, 6.07) is 8.56. The van der Waals surface area contributed by atoms with Crippen LogP contribution in [-0.2, 0) is 24.9 Å². The highest BCUT2D eigenvalue weighted by Gasteiger charge is 2.13. The van der Waals surface area contributed by atoms with Gasteiger partial charge < -0.3 is 20.7 Å². The minimum absolute atomic E-state index is 0.690. The first-order chi connectivity index (χ1) is 15.7. The Balaban J connectivity index is 1.25. The van der Waals surface area contributed by atoms with E-state index in [0.717, 1.165) is 62.2 Å². The van der Waals surface area contributed by atoms with Gasteiger partial charge in [-0.15, -0.1) is 0 Å². The van der Waals surface area contributed by atoms with E-state index in [0.29, 0.717) is 13.1 Å². The summed E-state index contributed by atoms with van der Waals surface area (Å²) in [5.74, 6) is 1.55. The maximum absolute atomic E-state index is 5.46. The van der Waals surface area contributed by atoms with E-state index in [1.807, 2.05) is 7.05 Å². The summed E-state index contributed by atoms with van der Waals surface area (Å²) < 4.78 is 7.20. The third kappa shape index (κ3) is 5.51. The zero-order valence-corrected chi connectivity index (χ0v) is 18.7. The monoisotopic (exact) mass is 437 g/mol. The average molecular weight is 438 g/mol. The van der Waals surface area contributed by atoms with E-state index in [9.17, 15) is 0 Å². The molecule has 3 heterocycles. The van der Waals surface area contributed by atoms with Gasteiger partial charge in [-0.2, -0.15) is 5.10 Å². The number of rotatable bonds is 8. The molecule has 0 aliphatic carbocycles. The van der Waals surface area contributed by atoms with E-state index in [1.165, 1.54) is 11.1 Å². The standard InChI is InChI=1S/C22H31N9O/c1-23-22(25-8-7-24-20-19-14-29-30(2)21(19)28-16-27-20)26-13-17-5-3-4-6-18(17)15-31-9-11-32-12-10-31/h3-6,14,16H,7-13,15H2,1-2H3,(H2,23,25,26)(H,24,27,28). The molecule has 0 saturated carbocycles. The van der Waals surface area contributed by atoms with E-state index in [4.69, 9.17) is 4.74 Å². The van der Waals surface area contributed by atoms with Gasteiger partial charge in [0.25, 0.3) is 0 Å². The quantitative estimate of drug-likeness (QED) is 0.272. The maximum atomic E-state index is 5.46. The molecule has 10 heteroatoms. The van der Waals surface area contributed by atoms with Gasteiger partial charge in [0.1, 0.15) is 12.1 Å². The maximum Gasteiger partial charge on any atom is 0.191 e. The number of morpholine rings is 1. The second-order valence-electron chi connectivity index (χ2n) is 7.66. The average Bonchev–Trinajstić information content (AvgIpc) is 3.22. The summed E-state index contributed by atoms with van der Waals surface area (Å²) in [4.78, 5) is 15.4. The smallest absolute Gasteiger partial charge is 0.191 e. The summed E-state index contributed by atoms with van der Waals surface area (Å²) in [5, 5.41) is 15.3. The number of hydrogen-bond donors (Lipinski definition) is 3. The van der Waals surface area contributed by atoms with E-state index >= 15 is 0 Å². The van der Waals surface area contributed by atoms with Crippen molar-refractivity contribution in [3.8, 4) is 0 Å². The molecule has 0 spiro atoms. The van der Waals surface area contributed by atoms with E-state index < -0.39 is 0 Å². The summed E-state index contributed by atoms with van der Waals surface area (Å²) >= 11 is 0. The van der Waals surface area contributed by atoms with Gasteiger partial charge in [0.05, 0.1) is 24.8 Å². The SMILES string of the molecule is CN=C(NCCNc1ncnc2c1cnn2C)NCc1ccccc1CN1CCOCC1. The lowest BCUT2D eigenvalue weighted by molar-refractivity contribution is 0.0341. The molecule has 2 aromatic heterocycles. The number of guanidine groups is 1. The predicted octanol–water partition coefficient (Wildman–Crippen LogP) is 0.973. The van der Waals surface area contributed by atoms with Crippen molar-refractivity contribution in [3.05, 3.63) is 47.9 Å². The minimum Gasteiger partial charge on any atom is -0.379 e. The highest BCUT2D eigenvalue weighted by Crippen LogP contribution is 2.17. The van der Waals surface area contributed by atoms with Crippen molar-refractivity contribution in [1.29, 1.82) is 0 Å². The molecular weight excluding hydrogens is 406 g/mol. The number of aromatic nitrogens is 4. The van der Waals surface area contributed by atoms with Gasteiger partial charge in [0, 0.05) is 53.4 Å². The number of nitrogens with zero attached hydrogens (tertiary/aromatic N) is 6. The molecule has 32 heavy (non-hydrogen) atoms. The van der Waals surface area contributed by atoms with E-state index in [2.05, 4.69) is 65.2 Å². The van der Waals surface area contributed by atoms with Crippen molar-refractivity contribution in [2.24, 2.45) is 12.0 Å². The fourth-order valence-electron chi connectivity index (χ4n) is 3.75. The number of benzene rings is 1. The summed E-state index contributed by atoms with van der Waals surface area (Å²) in [6.45, 7) is 6.63. The van der Waals surface area contributed by atoms with Crippen LogP contribution in [0.25, 0.3) is 11.0 Å². The number of fused-ring (bicyclic) bond motifs is 1. The van der Waals surface area contributed by atoms with Crippen LogP contribution in [0.4, 0.5) is 5.82 Å². The first-order valence-electron chi connectivity index (χ1n) is 10.9. The van der Waals surface area contributed by atoms with Crippen LogP contribution in [-0.4, -0.2) is 77.0 Å². The topological polar surface area (TPSA) is 105 Å². The second kappa shape index (κ2) is 10.9. The van der Waals surface area contributed by atoms with Gasteiger partial charge in [0.15, 0.2) is 11.6 Å². The number of anilines is 1. The first kappa shape index (κ1) is 22.0. The van der Waals surface area contributed by atoms with Gasteiger partial charge in [-0.1, -0.05) is 24.3 Å². The molecule has 3 N–H and O–H groups in total. The van der Waals surface area contributed by atoms with Crippen LogP contribution in [0.3, 0.4) is 0 Å². The van der Waals surface area contributed by atoms with E-state index in [1.54, 1.807) is 24.3 Å². The van der Waals surface area contributed by atoms with Crippen molar-refractivity contribution in [2.75, 3.05) is 51.8 Å². The van der Waals surface area contributed by atoms with Crippen LogP contribution in [0, 0.1) is 0 Å². The third-order valence-electron chi connectivity index (χ3n) is 5.53.